The molecule has 1 aliphatic heterocycles. The first-order valence-corrected chi connectivity index (χ1v) is 11.1. The minimum Gasteiger partial charge on any atom is -0.492 e. The van der Waals surface area contributed by atoms with Crippen molar-refractivity contribution >= 4 is 23.1 Å². The quantitative estimate of drug-likeness (QED) is 0.657. The minimum atomic E-state index is -4.42. The maximum absolute atomic E-state index is 12.8. The number of hydrogen-bond donors (Lipinski definition) is 2. The van der Waals surface area contributed by atoms with Crippen LogP contribution < -0.4 is 20.3 Å². The van der Waals surface area contributed by atoms with Gasteiger partial charge in [-0.25, -0.2) is 4.98 Å². The van der Waals surface area contributed by atoms with E-state index in [9.17, 15) is 18.0 Å². The summed E-state index contributed by atoms with van der Waals surface area (Å²) in [7, 11) is 1.89. The first-order chi connectivity index (χ1) is 15.7. The van der Waals surface area contributed by atoms with Crippen molar-refractivity contribution in [2.45, 2.75) is 38.8 Å². The molecule has 1 saturated carbocycles. The Balaban J connectivity index is 1.25. The molecule has 0 saturated heterocycles. The smallest absolute Gasteiger partial charge is 0.418 e. The number of nitrogens with one attached hydrogen (secondary N) is 2. The molecule has 0 atom stereocenters. The molecular formula is C23H28F3N5O2. The first-order valence-electron chi connectivity index (χ1n) is 11.1. The van der Waals surface area contributed by atoms with Crippen LogP contribution in [0.25, 0.3) is 0 Å². The number of nitrogens with zero attached hydrogens (tertiary/aromatic N) is 3. The highest BCUT2D eigenvalue weighted by molar-refractivity contribution is 6.02. The van der Waals surface area contributed by atoms with Crippen molar-refractivity contribution in [2.24, 2.45) is 11.8 Å². The Labute approximate surface area is 190 Å². The third-order valence-corrected chi connectivity index (χ3v) is 6.30. The molecule has 2 aliphatic rings. The van der Waals surface area contributed by atoms with E-state index in [0.29, 0.717) is 25.0 Å². The number of likely N-dealkylation sites (N-methyl/N-ethyl adjacent to an activating group) is 1. The Morgan fingerprint density at radius 2 is 1.91 bits per heavy atom. The molecular weight excluding hydrogens is 435 g/mol. The van der Waals surface area contributed by atoms with Crippen LogP contribution in [0.2, 0.25) is 0 Å². The number of carbonyl (C=O) groups excluding carboxylic acids is 1. The summed E-state index contributed by atoms with van der Waals surface area (Å²) in [5.74, 6) is 1.71. The van der Waals surface area contributed by atoms with E-state index in [1.165, 1.54) is 6.20 Å². The SMILES string of the molecule is Cc1nc(NCC2CCC(COc3cncc(C(F)(F)F)c3)CC2)cc2c1NC(=O)CN2C. The molecule has 3 heterocycles. The average molecular weight is 464 g/mol. The molecule has 10 heteroatoms. The second kappa shape index (κ2) is 9.44. The van der Waals surface area contributed by atoms with Crippen LogP contribution in [-0.2, 0) is 11.0 Å². The van der Waals surface area contributed by atoms with Gasteiger partial charge in [0, 0.05) is 25.9 Å². The van der Waals surface area contributed by atoms with Crippen molar-refractivity contribution in [2.75, 3.05) is 42.3 Å². The van der Waals surface area contributed by atoms with Gasteiger partial charge in [0.15, 0.2) is 0 Å². The molecule has 1 fully saturated rings. The lowest BCUT2D eigenvalue weighted by atomic mass is 9.82. The predicted molar refractivity (Wildman–Crippen MR) is 120 cm³/mol. The number of aromatic nitrogens is 2. The van der Waals surface area contributed by atoms with Gasteiger partial charge in [0.1, 0.15) is 11.6 Å². The summed E-state index contributed by atoms with van der Waals surface area (Å²) in [5.41, 5.74) is 1.69. The molecule has 0 aromatic carbocycles. The molecule has 0 spiro atoms. The van der Waals surface area contributed by atoms with Crippen LogP contribution in [0.5, 0.6) is 5.75 Å². The predicted octanol–water partition coefficient (Wildman–Crippen LogP) is 4.49. The molecule has 2 aromatic heterocycles. The average Bonchev–Trinajstić information content (AvgIpc) is 2.77. The molecule has 2 aromatic rings. The Bertz CT molecular complexity index is 1010. The molecule has 0 radical (unpaired) electrons. The number of alkyl halides is 3. The number of aryl methyl sites for hydroxylation is 1. The van der Waals surface area contributed by atoms with E-state index in [2.05, 4.69) is 20.6 Å². The van der Waals surface area contributed by atoms with Crippen molar-refractivity contribution in [1.82, 2.24) is 9.97 Å². The summed E-state index contributed by atoms with van der Waals surface area (Å²) >= 11 is 0. The van der Waals surface area contributed by atoms with Crippen LogP contribution >= 0.6 is 0 Å². The topological polar surface area (TPSA) is 79.4 Å². The number of carbonyl (C=O) groups is 1. The Morgan fingerprint density at radius 1 is 1.18 bits per heavy atom. The molecule has 1 amide bonds. The lowest BCUT2D eigenvalue weighted by Gasteiger charge is -2.30. The molecule has 33 heavy (non-hydrogen) atoms. The van der Waals surface area contributed by atoms with Gasteiger partial charge in [-0.1, -0.05) is 0 Å². The second-order valence-electron chi connectivity index (χ2n) is 8.88. The lowest BCUT2D eigenvalue weighted by molar-refractivity contribution is -0.138. The van der Waals surface area contributed by atoms with Gasteiger partial charge in [0.2, 0.25) is 5.91 Å². The maximum Gasteiger partial charge on any atom is 0.418 e. The molecule has 178 valence electrons. The van der Waals surface area contributed by atoms with Gasteiger partial charge in [-0.2, -0.15) is 13.2 Å². The summed E-state index contributed by atoms with van der Waals surface area (Å²) < 4.78 is 44.1. The van der Waals surface area contributed by atoms with Crippen LogP contribution in [0.3, 0.4) is 0 Å². The number of amides is 1. The summed E-state index contributed by atoms with van der Waals surface area (Å²) in [6.07, 6.45) is 1.66. The zero-order chi connectivity index (χ0) is 23.6. The molecule has 0 unspecified atom stereocenters. The number of halogens is 3. The number of fused-ring (bicyclic) bond motifs is 1. The Kier molecular flexibility index (Phi) is 6.62. The standard InChI is InChI=1S/C23H28F3N5O2/c1-14-22-19(31(2)12-21(32)30-22)8-20(29-14)28-9-15-3-5-16(6-4-15)13-33-18-7-17(10-27-11-18)23(24,25)26/h7-8,10-11,15-16H,3-6,9,12-13H2,1-2H3,(H,28,29)(H,30,32). The van der Waals surface area contributed by atoms with Crippen LogP contribution in [0, 0.1) is 18.8 Å². The van der Waals surface area contributed by atoms with Gasteiger partial charge < -0.3 is 20.3 Å². The Morgan fingerprint density at radius 3 is 2.64 bits per heavy atom. The van der Waals surface area contributed by atoms with Crippen molar-refractivity contribution < 1.29 is 22.7 Å². The third-order valence-electron chi connectivity index (χ3n) is 6.30. The van der Waals surface area contributed by atoms with Crippen molar-refractivity contribution in [3.8, 4) is 5.75 Å². The highest BCUT2D eigenvalue weighted by atomic mass is 19.4. The Hall–Kier alpha value is -3.04. The zero-order valence-electron chi connectivity index (χ0n) is 18.7. The van der Waals surface area contributed by atoms with Gasteiger partial charge in [0.05, 0.1) is 42.0 Å². The van der Waals surface area contributed by atoms with Crippen LogP contribution in [0.15, 0.2) is 24.5 Å². The maximum atomic E-state index is 12.8. The lowest BCUT2D eigenvalue weighted by Crippen LogP contribution is -2.36. The van der Waals surface area contributed by atoms with Crippen LogP contribution in [0.1, 0.15) is 36.9 Å². The van der Waals surface area contributed by atoms with Gasteiger partial charge in [-0.15, -0.1) is 0 Å². The largest absolute Gasteiger partial charge is 0.492 e. The van der Waals surface area contributed by atoms with E-state index in [1.54, 1.807) is 0 Å². The van der Waals surface area contributed by atoms with E-state index >= 15 is 0 Å². The number of pyridine rings is 2. The van der Waals surface area contributed by atoms with Crippen molar-refractivity contribution in [3.05, 3.63) is 35.8 Å². The third kappa shape index (κ3) is 5.66. The molecule has 7 nitrogen and oxygen atoms in total. The summed E-state index contributed by atoms with van der Waals surface area (Å²) in [6, 6.07) is 2.96. The number of ether oxygens (including phenoxy) is 1. The van der Waals surface area contributed by atoms with Gasteiger partial charge in [0.25, 0.3) is 0 Å². The highest BCUT2D eigenvalue weighted by Crippen LogP contribution is 2.34. The van der Waals surface area contributed by atoms with Crippen LogP contribution in [0.4, 0.5) is 30.4 Å². The normalized spacial score (nSPS) is 20.8. The summed E-state index contributed by atoms with van der Waals surface area (Å²) in [6.45, 7) is 3.40. The number of rotatable bonds is 6. The van der Waals surface area contributed by atoms with E-state index in [0.717, 1.165) is 67.4 Å². The fourth-order valence-corrected chi connectivity index (χ4v) is 4.40. The van der Waals surface area contributed by atoms with Gasteiger partial charge >= 0.3 is 6.18 Å². The minimum absolute atomic E-state index is 0.0410. The second-order valence-corrected chi connectivity index (χ2v) is 8.88. The fourth-order valence-electron chi connectivity index (χ4n) is 4.40. The monoisotopic (exact) mass is 463 g/mol. The molecule has 1 aliphatic carbocycles. The summed E-state index contributed by atoms with van der Waals surface area (Å²) in [5, 5.41) is 6.32. The number of anilines is 3. The first kappa shape index (κ1) is 23.1. The molecule has 4 rings (SSSR count). The zero-order valence-corrected chi connectivity index (χ0v) is 18.7. The van der Waals surface area contributed by atoms with E-state index in [1.807, 2.05) is 24.9 Å². The van der Waals surface area contributed by atoms with Crippen LogP contribution in [-0.4, -0.2) is 42.6 Å². The molecule has 0 bridgehead atoms. The summed E-state index contributed by atoms with van der Waals surface area (Å²) in [4.78, 5) is 21.9. The van der Waals surface area contributed by atoms with Crippen molar-refractivity contribution in [1.29, 1.82) is 0 Å². The van der Waals surface area contributed by atoms with E-state index < -0.39 is 11.7 Å². The van der Waals surface area contributed by atoms with E-state index in [-0.39, 0.29) is 11.7 Å². The molecule has 2 N–H and O–H groups in total. The van der Waals surface area contributed by atoms with Crippen molar-refractivity contribution in [3.63, 3.8) is 0 Å². The fraction of sp³-hybridized carbons (Fsp3) is 0.522. The van der Waals surface area contributed by atoms with Gasteiger partial charge in [-0.05, 0) is 50.5 Å². The highest BCUT2D eigenvalue weighted by Gasteiger charge is 2.31. The van der Waals surface area contributed by atoms with Gasteiger partial charge in [-0.3, -0.25) is 9.78 Å². The van der Waals surface area contributed by atoms with E-state index in [4.69, 9.17) is 4.74 Å². The number of hydrogen-bond acceptors (Lipinski definition) is 6.